The Morgan fingerprint density at radius 3 is 2.41 bits per heavy atom. The second kappa shape index (κ2) is 7.06. The van der Waals surface area contributed by atoms with Crippen molar-refractivity contribution in [2.75, 3.05) is 23.3 Å². The SMILES string of the molecule is CC(C)C1(c2cc(Nc3cc(C(F)F)ccn3)nc(N3CCC3)c2)CCC1. The topological polar surface area (TPSA) is 41.1 Å². The first kappa shape index (κ1) is 18.1. The molecule has 2 aromatic rings. The molecule has 0 bridgehead atoms. The van der Waals surface area contributed by atoms with Crippen LogP contribution in [0, 0.1) is 5.92 Å². The summed E-state index contributed by atoms with van der Waals surface area (Å²) in [5.41, 5.74) is 1.45. The lowest BCUT2D eigenvalue weighted by Gasteiger charge is -2.46. The van der Waals surface area contributed by atoms with E-state index in [2.05, 4.69) is 41.2 Å². The number of anilines is 3. The van der Waals surface area contributed by atoms with Gasteiger partial charge in [-0.3, -0.25) is 0 Å². The normalized spacial score (nSPS) is 18.4. The van der Waals surface area contributed by atoms with Gasteiger partial charge in [0.05, 0.1) is 0 Å². The molecule has 144 valence electrons. The molecule has 2 fully saturated rings. The van der Waals surface area contributed by atoms with E-state index in [1.165, 1.54) is 49.6 Å². The van der Waals surface area contributed by atoms with Crippen LogP contribution in [0.1, 0.15) is 57.1 Å². The minimum absolute atomic E-state index is 0.0377. The summed E-state index contributed by atoms with van der Waals surface area (Å²) in [6.45, 7) is 6.60. The molecule has 6 heteroatoms. The maximum atomic E-state index is 13.0. The lowest BCUT2D eigenvalue weighted by Crippen LogP contribution is -2.41. The van der Waals surface area contributed by atoms with Crippen LogP contribution in [0.2, 0.25) is 0 Å². The third-order valence-electron chi connectivity index (χ3n) is 6.21. The standard InChI is InChI=1S/C21H26F2N4/c1-14(2)21(6-3-7-21)16-12-18(26-19(13-16)27-9-4-10-27)25-17-11-15(20(22)23)5-8-24-17/h5,8,11-14,20H,3-4,6-7,9-10H2,1-2H3,(H,24,25,26). The second-order valence-electron chi connectivity index (χ2n) is 8.00. The van der Waals surface area contributed by atoms with Gasteiger partial charge in [0, 0.05) is 24.8 Å². The molecule has 1 N–H and O–H groups in total. The number of alkyl halides is 2. The average molecular weight is 372 g/mol. The summed E-state index contributed by atoms with van der Waals surface area (Å²) in [4.78, 5) is 11.2. The number of halogens is 2. The van der Waals surface area contributed by atoms with Crippen LogP contribution in [0.4, 0.5) is 26.2 Å². The van der Waals surface area contributed by atoms with Crippen LogP contribution in [-0.4, -0.2) is 23.1 Å². The number of nitrogens with zero attached hydrogens (tertiary/aromatic N) is 3. The molecule has 0 unspecified atom stereocenters. The van der Waals surface area contributed by atoms with Crippen LogP contribution in [0.3, 0.4) is 0 Å². The van der Waals surface area contributed by atoms with E-state index in [-0.39, 0.29) is 11.0 Å². The Balaban J connectivity index is 1.69. The molecule has 0 atom stereocenters. The number of nitrogens with one attached hydrogen (secondary N) is 1. The van der Waals surface area contributed by atoms with Gasteiger partial charge >= 0.3 is 0 Å². The third-order valence-corrected chi connectivity index (χ3v) is 6.21. The van der Waals surface area contributed by atoms with E-state index in [9.17, 15) is 8.78 Å². The smallest absolute Gasteiger partial charge is 0.264 e. The van der Waals surface area contributed by atoms with Crippen LogP contribution in [0.15, 0.2) is 30.5 Å². The molecule has 0 radical (unpaired) electrons. The van der Waals surface area contributed by atoms with Gasteiger partial charge < -0.3 is 10.2 Å². The average Bonchev–Trinajstić information content (AvgIpc) is 2.52. The van der Waals surface area contributed by atoms with Gasteiger partial charge in [-0.2, -0.15) is 0 Å². The molecular weight excluding hydrogens is 346 g/mol. The van der Waals surface area contributed by atoms with Crippen molar-refractivity contribution in [3.05, 3.63) is 41.6 Å². The first-order valence-electron chi connectivity index (χ1n) is 9.76. The lowest BCUT2D eigenvalue weighted by molar-refractivity contribution is 0.151. The van der Waals surface area contributed by atoms with Crippen LogP contribution >= 0.6 is 0 Å². The van der Waals surface area contributed by atoms with Gasteiger partial charge in [-0.05, 0) is 60.4 Å². The fourth-order valence-electron chi connectivity index (χ4n) is 4.11. The summed E-state index contributed by atoms with van der Waals surface area (Å²) < 4.78 is 26.0. The number of pyridine rings is 2. The Morgan fingerprint density at radius 2 is 1.85 bits per heavy atom. The van der Waals surface area contributed by atoms with E-state index in [1.54, 1.807) is 0 Å². The molecule has 1 saturated carbocycles. The number of hydrogen-bond donors (Lipinski definition) is 1. The Hall–Kier alpha value is -2.24. The molecular formula is C21H26F2N4. The zero-order valence-corrected chi connectivity index (χ0v) is 15.9. The van der Waals surface area contributed by atoms with Crippen LogP contribution < -0.4 is 10.2 Å². The molecule has 4 nitrogen and oxygen atoms in total. The largest absolute Gasteiger partial charge is 0.356 e. The van der Waals surface area contributed by atoms with Crippen molar-refractivity contribution in [1.29, 1.82) is 0 Å². The summed E-state index contributed by atoms with van der Waals surface area (Å²) >= 11 is 0. The summed E-state index contributed by atoms with van der Waals surface area (Å²) in [6, 6.07) is 7.04. The molecule has 4 rings (SSSR count). The van der Waals surface area contributed by atoms with Crippen LogP contribution in [-0.2, 0) is 5.41 Å². The highest BCUT2D eigenvalue weighted by atomic mass is 19.3. The molecule has 2 aliphatic rings. The molecule has 2 aromatic heterocycles. The van der Waals surface area contributed by atoms with E-state index in [4.69, 9.17) is 4.98 Å². The van der Waals surface area contributed by atoms with Gasteiger partial charge in [-0.15, -0.1) is 0 Å². The van der Waals surface area contributed by atoms with E-state index in [0.29, 0.717) is 17.6 Å². The lowest BCUT2D eigenvalue weighted by atomic mass is 9.58. The molecule has 1 aliphatic carbocycles. The number of hydrogen-bond acceptors (Lipinski definition) is 4. The quantitative estimate of drug-likeness (QED) is 0.732. The van der Waals surface area contributed by atoms with E-state index in [0.717, 1.165) is 18.9 Å². The van der Waals surface area contributed by atoms with Gasteiger partial charge in [-0.25, -0.2) is 18.7 Å². The van der Waals surface area contributed by atoms with Gasteiger partial charge in [0.2, 0.25) is 0 Å². The first-order valence-corrected chi connectivity index (χ1v) is 9.76. The zero-order valence-electron chi connectivity index (χ0n) is 15.9. The van der Waals surface area contributed by atoms with Crippen molar-refractivity contribution in [1.82, 2.24) is 9.97 Å². The molecule has 0 aromatic carbocycles. The fraction of sp³-hybridized carbons (Fsp3) is 0.524. The summed E-state index contributed by atoms with van der Waals surface area (Å²) in [5, 5.41) is 3.16. The van der Waals surface area contributed by atoms with Crippen molar-refractivity contribution >= 4 is 17.5 Å². The summed E-state index contributed by atoms with van der Waals surface area (Å²) in [6.07, 6.45) is 3.70. The Kier molecular flexibility index (Phi) is 4.74. The van der Waals surface area contributed by atoms with Crippen LogP contribution in [0.25, 0.3) is 0 Å². The molecule has 0 amide bonds. The fourth-order valence-corrected chi connectivity index (χ4v) is 4.11. The van der Waals surface area contributed by atoms with E-state index in [1.807, 2.05) is 0 Å². The molecule has 0 spiro atoms. The predicted octanol–water partition coefficient (Wildman–Crippen LogP) is 5.45. The van der Waals surface area contributed by atoms with Crippen LogP contribution in [0.5, 0.6) is 0 Å². The molecule has 1 saturated heterocycles. The monoisotopic (exact) mass is 372 g/mol. The van der Waals surface area contributed by atoms with Gasteiger partial charge in [-0.1, -0.05) is 20.3 Å². The molecule has 27 heavy (non-hydrogen) atoms. The third kappa shape index (κ3) is 3.37. The van der Waals surface area contributed by atoms with Crippen molar-refractivity contribution in [3.63, 3.8) is 0 Å². The maximum absolute atomic E-state index is 13.0. The number of aromatic nitrogens is 2. The zero-order chi connectivity index (χ0) is 19.0. The molecule has 3 heterocycles. The van der Waals surface area contributed by atoms with Gasteiger partial charge in [0.1, 0.15) is 17.5 Å². The minimum atomic E-state index is -2.51. The van der Waals surface area contributed by atoms with E-state index >= 15 is 0 Å². The van der Waals surface area contributed by atoms with E-state index < -0.39 is 6.43 Å². The summed E-state index contributed by atoms with van der Waals surface area (Å²) in [5.74, 6) is 2.60. The van der Waals surface area contributed by atoms with Gasteiger partial charge in [0.25, 0.3) is 6.43 Å². The van der Waals surface area contributed by atoms with Gasteiger partial charge in [0.15, 0.2) is 0 Å². The highest BCUT2D eigenvalue weighted by molar-refractivity contribution is 5.59. The second-order valence-corrected chi connectivity index (χ2v) is 8.00. The number of rotatable bonds is 6. The van der Waals surface area contributed by atoms with Crippen molar-refractivity contribution in [2.24, 2.45) is 5.92 Å². The Morgan fingerprint density at radius 1 is 1.07 bits per heavy atom. The maximum Gasteiger partial charge on any atom is 0.264 e. The highest BCUT2D eigenvalue weighted by Gasteiger charge is 2.42. The van der Waals surface area contributed by atoms with Crippen molar-refractivity contribution < 1.29 is 8.78 Å². The predicted molar refractivity (Wildman–Crippen MR) is 104 cm³/mol. The summed E-state index contributed by atoms with van der Waals surface area (Å²) in [7, 11) is 0. The Bertz CT molecular complexity index is 814. The first-order chi connectivity index (χ1) is 13.0. The minimum Gasteiger partial charge on any atom is -0.356 e. The Labute approximate surface area is 159 Å². The van der Waals surface area contributed by atoms with Crippen molar-refractivity contribution in [3.8, 4) is 0 Å². The van der Waals surface area contributed by atoms with Crippen molar-refractivity contribution in [2.45, 2.75) is 51.4 Å². The highest BCUT2D eigenvalue weighted by Crippen LogP contribution is 2.50. The molecule has 1 aliphatic heterocycles.